The molecule has 2 aliphatic rings. The predicted molar refractivity (Wildman–Crippen MR) is 56.6 cm³/mol. The smallest absolute Gasteiger partial charge is 0.314 e. The molecule has 0 atom stereocenters. The summed E-state index contributed by atoms with van der Waals surface area (Å²) in [5.74, 6) is 0. The van der Waals surface area contributed by atoms with Gasteiger partial charge in [-0.1, -0.05) is 0 Å². The number of amides is 2. The lowest BCUT2D eigenvalue weighted by Gasteiger charge is -2.39. The van der Waals surface area contributed by atoms with E-state index in [2.05, 4.69) is 4.90 Å². The molecule has 2 aliphatic heterocycles. The van der Waals surface area contributed by atoms with Gasteiger partial charge in [0, 0.05) is 32.2 Å². The van der Waals surface area contributed by atoms with Crippen LogP contribution in [0.3, 0.4) is 0 Å². The maximum absolute atomic E-state index is 11.0. The standard InChI is InChI=1S/C10H19N3O2/c11-10(14)13-3-1-9(2-4-13)12-5-7-15-8-6-12/h9H,1-8H2,(H2,11,14). The highest BCUT2D eigenvalue weighted by atomic mass is 16.5. The van der Waals surface area contributed by atoms with E-state index in [0.717, 1.165) is 52.2 Å². The summed E-state index contributed by atoms with van der Waals surface area (Å²) in [5.41, 5.74) is 5.24. The van der Waals surface area contributed by atoms with Crippen molar-refractivity contribution in [3.05, 3.63) is 0 Å². The molecule has 0 spiro atoms. The van der Waals surface area contributed by atoms with Gasteiger partial charge in [0.05, 0.1) is 13.2 Å². The molecular formula is C10H19N3O2. The third kappa shape index (κ3) is 2.60. The van der Waals surface area contributed by atoms with Crippen LogP contribution in [0.1, 0.15) is 12.8 Å². The Kier molecular flexibility index (Phi) is 3.43. The van der Waals surface area contributed by atoms with Crippen LogP contribution >= 0.6 is 0 Å². The van der Waals surface area contributed by atoms with Crippen LogP contribution in [-0.4, -0.2) is 61.3 Å². The molecule has 15 heavy (non-hydrogen) atoms. The summed E-state index contributed by atoms with van der Waals surface area (Å²) in [5, 5.41) is 0. The number of likely N-dealkylation sites (tertiary alicyclic amines) is 1. The van der Waals surface area contributed by atoms with Gasteiger partial charge in [0.25, 0.3) is 0 Å². The minimum Gasteiger partial charge on any atom is -0.379 e. The number of carbonyl (C=O) groups is 1. The Hall–Kier alpha value is -0.810. The largest absolute Gasteiger partial charge is 0.379 e. The third-order valence-electron chi connectivity index (χ3n) is 3.34. The minimum atomic E-state index is -0.282. The average molecular weight is 213 g/mol. The quantitative estimate of drug-likeness (QED) is 0.659. The Bertz CT molecular complexity index is 221. The summed E-state index contributed by atoms with van der Waals surface area (Å²) in [6, 6.07) is 0.333. The van der Waals surface area contributed by atoms with E-state index < -0.39 is 0 Å². The molecule has 2 fully saturated rings. The Labute approximate surface area is 90.1 Å². The number of rotatable bonds is 1. The normalized spacial score (nSPS) is 25.5. The molecule has 0 bridgehead atoms. The fourth-order valence-corrected chi connectivity index (χ4v) is 2.39. The molecule has 86 valence electrons. The number of morpholine rings is 1. The van der Waals surface area contributed by atoms with Gasteiger partial charge in [-0.25, -0.2) is 4.79 Å². The molecule has 0 aromatic heterocycles. The molecule has 0 aliphatic carbocycles. The van der Waals surface area contributed by atoms with E-state index in [1.165, 1.54) is 0 Å². The number of hydrogen-bond donors (Lipinski definition) is 1. The van der Waals surface area contributed by atoms with Crippen molar-refractivity contribution < 1.29 is 9.53 Å². The van der Waals surface area contributed by atoms with Crippen molar-refractivity contribution in [3.63, 3.8) is 0 Å². The highest BCUT2D eigenvalue weighted by molar-refractivity contribution is 5.72. The van der Waals surface area contributed by atoms with E-state index in [4.69, 9.17) is 10.5 Å². The van der Waals surface area contributed by atoms with Crippen LogP contribution in [0, 0.1) is 0 Å². The molecule has 2 N–H and O–H groups in total. The molecule has 2 heterocycles. The maximum Gasteiger partial charge on any atom is 0.314 e. The Balaban J connectivity index is 1.79. The summed E-state index contributed by atoms with van der Waals surface area (Å²) in [6.07, 6.45) is 2.09. The predicted octanol–water partition coefficient (Wildman–Crippen LogP) is -0.138. The Morgan fingerprint density at radius 2 is 1.73 bits per heavy atom. The van der Waals surface area contributed by atoms with Gasteiger partial charge in [0.2, 0.25) is 0 Å². The topological polar surface area (TPSA) is 58.8 Å². The fourth-order valence-electron chi connectivity index (χ4n) is 2.39. The lowest BCUT2D eigenvalue weighted by atomic mass is 10.0. The van der Waals surface area contributed by atoms with Gasteiger partial charge in [0.15, 0.2) is 0 Å². The molecule has 0 saturated carbocycles. The van der Waals surface area contributed by atoms with E-state index >= 15 is 0 Å². The first-order valence-electron chi connectivity index (χ1n) is 5.63. The molecule has 2 saturated heterocycles. The molecule has 5 heteroatoms. The summed E-state index contributed by atoms with van der Waals surface area (Å²) >= 11 is 0. The van der Waals surface area contributed by atoms with E-state index in [-0.39, 0.29) is 6.03 Å². The zero-order valence-corrected chi connectivity index (χ0v) is 9.02. The second kappa shape index (κ2) is 4.81. The molecule has 0 unspecified atom stereocenters. The van der Waals surface area contributed by atoms with Crippen molar-refractivity contribution in [1.29, 1.82) is 0 Å². The number of nitrogens with zero attached hydrogens (tertiary/aromatic N) is 2. The van der Waals surface area contributed by atoms with E-state index in [1.54, 1.807) is 4.90 Å². The van der Waals surface area contributed by atoms with Crippen molar-refractivity contribution >= 4 is 6.03 Å². The van der Waals surface area contributed by atoms with Gasteiger partial charge < -0.3 is 15.4 Å². The van der Waals surface area contributed by atoms with Crippen molar-refractivity contribution in [2.45, 2.75) is 18.9 Å². The van der Waals surface area contributed by atoms with Gasteiger partial charge >= 0.3 is 6.03 Å². The minimum absolute atomic E-state index is 0.282. The number of piperidine rings is 1. The lowest BCUT2D eigenvalue weighted by molar-refractivity contribution is 0.00407. The first kappa shape index (κ1) is 10.7. The first-order chi connectivity index (χ1) is 7.27. The monoisotopic (exact) mass is 213 g/mol. The third-order valence-corrected chi connectivity index (χ3v) is 3.34. The molecule has 2 rings (SSSR count). The first-order valence-corrected chi connectivity index (χ1v) is 5.63. The van der Waals surface area contributed by atoms with Gasteiger partial charge in [-0.05, 0) is 12.8 Å². The molecule has 2 amide bonds. The second-order valence-corrected chi connectivity index (χ2v) is 4.20. The van der Waals surface area contributed by atoms with Crippen molar-refractivity contribution in [3.8, 4) is 0 Å². The van der Waals surface area contributed by atoms with Crippen LogP contribution in [-0.2, 0) is 4.74 Å². The number of primary amides is 1. The van der Waals surface area contributed by atoms with Gasteiger partial charge in [0.1, 0.15) is 0 Å². The SMILES string of the molecule is NC(=O)N1CCC(N2CCOCC2)CC1. The summed E-state index contributed by atoms with van der Waals surface area (Å²) in [7, 11) is 0. The van der Waals surface area contributed by atoms with E-state index in [9.17, 15) is 4.79 Å². The van der Waals surface area contributed by atoms with Crippen LogP contribution in [0.5, 0.6) is 0 Å². The van der Waals surface area contributed by atoms with Crippen molar-refractivity contribution in [1.82, 2.24) is 9.80 Å². The molecule has 0 aromatic rings. The number of urea groups is 1. The molecule has 0 radical (unpaired) electrons. The van der Waals surface area contributed by atoms with Crippen LogP contribution in [0.4, 0.5) is 4.79 Å². The number of nitrogens with two attached hydrogens (primary N) is 1. The lowest BCUT2D eigenvalue weighted by Crippen LogP contribution is -2.51. The van der Waals surface area contributed by atoms with Crippen molar-refractivity contribution in [2.75, 3.05) is 39.4 Å². The highest BCUT2D eigenvalue weighted by Crippen LogP contribution is 2.17. The van der Waals surface area contributed by atoms with Crippen LogP contribution in [0.15, 0.2) is 0 Å². The molecular weight excluding hydrogens is 194 g/mol. The number of hydrogen-bond acceptors (Lipinski definition) is 3. The summed E-state index contributed by atoms with van der Waals surface area (Å²) in [6.45, 7) is 5.35. The Morgan fingerprint density at radius 3 is 2.27 bits per heavy atom. The number of carbonyl (C=O) groups excluding carboxylic acids is 1. The molecule has 5 nitrogen and oxygen atoms in total. The number of ether oxygens (including phenoxy) is 1. The second-order valence-electron chi connectivity index (χ2n) is 4.20. The molecule has 0 aromatic carbocycles. The summed E-state index contributed by atoms with van der Waals surface area (Å²) < 4.78 is 5.32. The van der Waals surface area contributed by atoms with E-state index in [1.807, 2.05) is 0 Å². The summed E-state index contributed by atoms with van der Waals surface area (Å²) in [4.78, 5) is 15.2. The maximum atomic E-state index is 11.0. The van der Waals surface area contributed by atoms with Gasteiger partial charge in [-0.3, -0.25) is 4.90 Å². The average Bonchev–Trinajstić information content (AvgIpc) is 2.30. The van der Waals surface area contributed by atoms with E-state index in [0.29, 0.717) is 6.04 Å². The van der Waals surface area contributed by atoms with Crippen molar-refractivity contribution in [2.24, 2.45) is 5.73 Å². The van der Waals surface area contributed by atoms with Crippen LogP contribution < -0.4 is 5.73 Å². The highest BCUT2D eigenvalue weighted by Gasteiger charge is 2.26. The van der Waals surface area contributed by atoms with Crippen LogP contribution in [0.2, 0.25) is 0 Å². The van der Waals surface area contributed by atoms with Gasteiger partial charge in [-0.15, -0.1) is 0 Å². The van der Waals surface area contributed by atoms with Gasteiger partial charge in [-0.2, -0.15) is 0 Å². The zero-order chi connectivity index (χ0) is 10.7. The fraction of sp³-hybridized carbons (Fsp3) is 0.900. The zero-order valence-electron chi connectivity index (χ0n) is 9.02. The van der Waals surface area contributed by atoms with Crippen LogP contribution in [0.25, 0.3) is 0 Å². The Morgan fingerprint density at radius 1 is 1.13 bits per heavy atom.